The average molecular weight is 250 g/mol. The molecule has 1 atom stereocenters. The van der Waals surface area contributed by atoms with Crippen LogP contribution in [0.3, 0.4) is 0 Å². The minimum Gasteiger partial charge on any atom is -0.315 e. The highest BCUT2D eigenvalue weighted by atomic mass is 19.4. The first kappa shape index (κ1) is 13.1. The Morgan fingerprint density at radius 1 is 1.12 bits per heavy atom. The maximum Gasteiger partial charge on any atom is 0.394 e. The van der Waals surface area contributed by atoms with Gasteiger partial charge in [0.25, 0.3) is 0 Å². The van der Waals surface area contributed by atoms with Crippen LogP contribution in [-0.4, -0.2) is 42.8 Å². The smallest absolute Gasteiger partial charge is 0.315 e. The molecule has 0 aromatic rings. The van der Waals surface area contributed by atoms with Crippen LogP contribution in [0.15, 0.2) is 0 Å². The molecule has 1 saturated heterocycles. The molecule has 0 aromatic heterocycles. The second-order valence-electron chi connectivity index (χ2n) is 5.82. The fraction of sp³-hybridized carbons (Fsp3) is 1.00. The Balaban J connectivity index is 2.06. The summed E-state index contributed by atoms with van der Waals surface area (Å²) in [5, 5.41) is 2.90. The molecule has 2 aliphatic rings. The molecule has 1 aliphatic carbocycles. The molecule has 1 unspecified atom stereocenters. The molecule has 0 bridgehead atoms. The van der Waals surface area contributed by atoms with Gasteiger partial charge in [-0.3, -0.25) is 4.90 Å². The minimum absolute atomic E-state index is 0.0563. The second kappa shape index (κ2) is 4.43. The van der Waals surface area contributed by atoms with Gasteiger partial charge in [-0.05, 0) is 32.6 Å². The van der Waals surface area contributed by atoms with Gasteiger partial charge in [0.1, 0.15) is 0 Å². The molecule has 0 radical (unpaired) electrons. The van der Waals surface area contributed by atoms with E-state index in [1.54, 1.807) is 0 Å². The van der Waals surface area contributed by atoms with E-state index in [0.29, 0.717) is 12.5 Å². The highest BCUT2D eigenvalue weighted by Gasteiger charge is 2.47. The molecule has 5 heteroatoms. The predicted molar refractivity (Wildman–Crippen MR) is 60.8 cm³/mol. The topological polar surface area (TPSA) is 15.3 Å². The van der Waals surface area contributed by atoms with E-state index in [-0.39, 0.29) is 18.6 Å². The fourth-order valence-electron chi connectivity index (χ4n) is 2.70. The Kier molecular flexibility index (Phi) is 3.42. The Bertz CT molecular complexity index is 271. The van der Waals surface area contributed by atoms with Crippen LogP contribution >= 0.6 is 0 Å². The van der Waals surface area contributed by atoms with Crippen LogP contribution in [0.4, 0.5) is 13.2 Å². The second-order valence-corrected chi connectivity index (χ2v) is 5.82. The summed E-state index contributed by atoms with van der Waals surface area (Å²) in [4.78, 5) is 2.03. The normalized spacial score (nSPS) is 29.1. The van der Waals surface area contributed by atoms with Crippen molar-refractivity contribution in [3.63, 3.8) is 0 Å². The maximum atomic E-state index is 12.8. The summed E-state index contributed by atoms with van der Waals surface area (Å²) in [6.45, 7) is 5.74. The average Bonchev–Trinajstić information content (AvgIpc) is 3.04. The maximum absolute atomic E-state index is 12.8. The van der Waals surface area contributed by atoms with E-state index < -0.39 is 12.1 Å². The molecule has 1 heterocycles. The first-order valence-electron chi connectivity index (χ1n) is 6.34. The fourth-order valence-corrected chi connectivity index (χ4v) is 2.70. The highest BCUT2D eigenvalue weighted by molar-refractivity contribution is 4.98. The Hall–Kier alpha value is -0.290. The van der Waals surface area contributed by atoms with Gasteiger partial charge in [0.2, 0.25) is 0 Å². The lowest BCUT2D eigenvalue weighted by atomic mass is 9.94. The molecule has 0 spiro atoms. The van der Waals surface area contributed by atoms with Crippen LogP contribution in [0.5, 0.6) is 0 Å². The summed E-state index contributed by atoms with van der Waals surface area (Å²) in [6, 6.07) is 0. The lowest BCUT2D eigenvalue weighted by Gasteiger charge is -2.39. The molecule has 1 N–H and O–H groups in total. The first-order valence-corrected chi connectivity index (χ1v) is 6.34. The van der Waals surface area contributed by atoms with Crippen LogP contribution in [0.2, 0.25) is 0 Å². The third kappa shape index (κ3) is 2.94. The number of halogens is 3. The molecular formula is C12H21F3N2. The van der Waals surface area contributed by atoms with Gasteiger partial charge < -0.3 is 5.32 Å². The van der Waals surface area contributed by atoms with Gasteiger partial charge in [0.15, 0.2) is 0 Å². The molecule has 2 fully saturated rings. The molecular weight excluding hydrogens is 229 g/mol. The summed E-state index contributed by atoms with van der Waals surface area (Å²) in [6.07, 6.45) is -1.77. The van der Waals surface area contributed by atoms with Crippen LogP contribution in [-0.2, 0) is 0 Å². The van der Waals surface area contributed by atoms with Crippen molar-refractivity contribution in [1.29, 1.82) is 0 Å². The number of hydrogen-bond acceptors (Lipinski definition) is 2. The third-order valence-electron chi connectivity index (χ3n) is 4.24. The largest absolute Gasteiger partial charge is 0.394 e. The molecule has 1 saturated carbocycles. The van der Waals surface area contributed by atoms with Crippen molar-refractivity contribution in [3.8, 4) is 0 Å². The zero-order chi connectivity index (χ0) is 12.7. The van der Waals surface area contributed by atoms with E-state index in [0.717, 1.165) is 19.4 Å². The van der Waals surface area contributed by atoms with E-state index in [1.165, 1.54) is 0 Å². The number of hydrogen-bond donors (Lipinski definition) is 1. The summed E-state index contributed by atoms with van der Waals surface area (Å²) < 4.78 is 38.5. The quantitative estimate of drug-likeness (QED) is 0.808. The van der Waals surface area contributed by atoms with Crippen molar-refractivity contribution in [3.05, 3.63) is 0 Å². The molecule has 1 aliphatic heterocycles. The number of rotatable bonds is 2. The van der Waals surface area contributed by atoms with E-state index in [9.17, 15) is 13.2 Å². The Morgan fingerprint density at radius 2 is 1.76 bits per heavy atom. The van der Waals surface area contributed by atoms with E-state index >= 15 is 0 Å². The molecule has 0 amide bonds. The highest BCUT2D eigenvalue weighted by Crippen LogP contribution is 2.43. The van der Waals surface area contributed by atoms with Gasteiger partial charge in [0.05, 0.1) is 5.92 Å². The van der Waals surface area contributed by atoms with Gasteiger partial charge in [-0.2, -0.15) is 13.2 Å². The van der Waals surface area contributed by atoms with Crippen molar-refractivity contribution >= 4 is 0 Å². The van der Waals surface area contributed by atoms with Gasteiger partial charge >= 0.3 is 6.18 Å². The van der Waals surface area contributed by atoms with E-state index in [1.807, 2.05) is 4.90 Å². The van der Waals surface area contributed by atoms with E-state index in [4.69, 9.17) is 0 Å². The molecule has 100 valence electrons. The number of nitrogens with zero attached hydrogens (tertiary/aromatic N) is 1. The lowest BCUT2D eigenvalue weighted by molar-refractivity contribution is -0.178. The van der Waals surface area contributed by atoms with Crippen LogP contribution in [0.1, 0.15) is 26.7 Å². The Labute approximate surface area is 101 Å². The van der Waals surface area contributed by atoms with Gasteiger partial charge in [-0.15, -0.1) is 0 Å². The SMILES string of the molecule is CC(C)(C1CC1)N1CCNCC(C(F)(F)F)C1. The molecule has 2 nitrogen and oxygen atoms in total. The first-order chi connectivity index (χ1) is 7.82. The van der Waals surface area contributed by atoms with Crippen LogP contribution < -0.4 is 5.32 Å². The van der Waals surface area contributed by atoms with Crippen molar-refractivity contribution in [2.24, 2.45) is 11.8 Å². The molecule has 17 heavy (non-hydrogen) atoms. The zero-order valence-electron chi connectivity index (χ0n) is 10.5. The van der Waals surface area contributed by atoms with Crippen LogP contribution in [0.25, 0.3) is 0 Å². The molecule has 0 aromatic carbocycles. The van der Waals surface area contributed by atoms with Gasteiger partial charge in [-0.1, -0.05) is 0 Å². The van der Waals surface area contributed by atoms with Crippen molar-refractivity contribution in [2.75, 3.05) is 26.2 Å². The van der Waals surface area contributed by atoms with Crippen molar-refractivity contribution < 1.29 is 13.2 Å². The molecule has 2 rings (SSSR count). The zero-order valence-corrected chi connectivity index (χ0v) is 10.5. The summed E-state index contributed by atoms with van der Waals surface area (Å²) >= 11 is 0. The monoisotopic (exact) mass is 250 g/mol. The predicted octanol–water partition coefficient (Wildman–Crippen LogP) is 2.26. The van der Waals surface area contributed by atoms with Crippen molar-refractivity contribution in [2.45, 2.75) is 38.4 Å². The van der Waals surface area contributed by atoms with Crippen molar-refractivity contribution in [1.82, 2.24) is 10.2 Å². The Morgan fingerprint density at radius 3 is 2.29 bits per heavy atom. The third-order valence-corrected chi connectivity index (χ3v) is 4.24. The van der Waals surface area contributed by atoms with Crippen LogP contribution in [0, 0.1) is 11.8 Å². The number of alkyl halides is 3. The summed E-state index contributed by atoms with van der Waals surface area (Å²) in [7, 11) is 0. The summed E-state index contributed by atoms with van der Waals surface area (Å²) in [5.74, 6) is -0.655. The lowest BCUT2D eigenvalue weighted by Crippen LogP contribution is -2.50. The summed E-state index contributed by atoms with van der Waals surface area (Å²) in [5.41, 5.74) is -0.0878. The van der Waals surface area contributed by atoms with E-state index in [2.05, 4.69) is 19.2 Å². The van der Waals surface area contributed by atoms with Gasteiger partial charge in [0, 0.05) is 31.7 Å². The minimum atomic E-state index is -4.09. The standard InChI is InChI=1S/C12H21F3N2/c1-11(2,9-3-4-9)17-6-5-16-7-10(8-17)12(13,14)15/h9-10,16H,3-8H2,1-2H3. The van der Waals surface area contributed by atoms with Gasteiger partial charge in [-0.25, -0.2) is 0 Å². The number of nitrogens with one attached hydrogen (secondary N) is 1.